The Labute approximate surface area is 182 Å². The van der Waals surface area contributed by atoms with Crippen molar-refractivity contribution >= 4 is 5.91 Å². The molecule has 0 saturated heterocycles. The zero-order chi connectivity index (χ0) is 21.5. The minimum Gasteiger partial charge on any atom is -0.320 e. The molecule has 0 N–H and O–H groups in total. The zero-order valence-corrected chi connectivity index (χ0v) is 18.1. The normalized spacial score (nSPS) is 15.5. The third kappa shape index (κ3) is 3.26. The third-order valence-electron chi connectivity index (χ3n) is 6.18. The van der Waals surface area contributed by atoms with Crippen molar-refractivity contribution in [1.82, 2.24) is 19.2 Å². The predicted octanol–water partition coefficient (Wildman–Crippen LogP) is 5.08. The number of amides is 1. The van der Waals surface area contributed by atoms with Gasteiger partial charge in [0.15, 0.2) is 0 Å². The molecule has 1 atom stereocenters. The summed E-state index contributed by atoms with van der Waals surface area (Å²) in [6.07, 6.45) is 3.76. The predicted molar refractivity (Wildman–Crippen MR) is 121 cm³/mol. The van der Waals surface area contributed by atoms with Crippen molar-refractivity contribution in [2.75, 3.05) is 0 Å². The summed E-state index contributed by atoms with van der Waals surface area (Å²) in [5, 5.41) is 4.23. The van der Waals surface area contributed by atoms with Gasteiger partial charge in [0.05, 0.1) is 11.7 Å². The molecule has 1 aliphatic heterocycles. The van der Waals surface area contributed by atoms with Gasteiger partial charge in [-0.05, 0) is 46.9 Å². The Balaban J connectivity index is 1.70. The molecule has 2 aromatic carbocycles. The van der Waals surface area contributed by atoms with Gasteiger partial charge in [-0.1, -0.05) is 56.3 Å². The maximum Gasteiger partial charge on any atom is 0.273 e. The Hall–Kier alpha value is -3.60. The third-order valence-corrected chi connectivity index (χ3v) is 6.18. The molecule has 0 fully saturated rings. The summed E-state index contributed by atoms with van der Waals surface area (Å²) < 4.78 is 3.87. The highest BCUT2D eigenvalue weighted by Gasteiger charge is 2.34. The lowest BCUT2D eigenvalue weighted by atomic mass is 9.96. The molecule has 0 bridgehead atoms. The monoisotopic (exact) mass is 410 g/mol. The van der Waals surface area contributed by atoms with E-state index in [4.69, 9.17) is 0 Å². The van der Waals surface area contributed by atoms with Crippen LogP contribution in [0.5, 0.6) is 0 Å². The molecule has 5 rings (SSSR count). The minimum atomic E-state index is -0.203. The molecule has 0 saturated carbocycles. The quantitative estimate of drug-likeness (QED) is 0.473. The fraction of sp³-hybridized carbons (Fsp3) is 0.231. The van der Waals surface area contributed by atoms with Crippen molar-refractivity contribution < 1.29 is 4.79 Å². The van der Waals surface area contributed by atoms with Crippen LogP contribution in [0.2, 0.25) is 0 Å². The summed E-state index contributed by atoms with van der Waals surface area (Å²) in [5.41, 5.74) is 6.30. The molecule has 0 aliphatic carbocycles. The average molecular weight is 411 g/mol. The van der Waals surface area contributed by atoms with Gasteiger partial charge in [-0.25, -0.2) is 0 Å². The van der Waals surface area contributed by atoms with Crippen LogP contribution in [-0.2, 0) is 13.6 Å². The molecular formula is C26H26N4O. The van der Waals surface area contributed by atoms with Gasteiger partial charge in [-0.2, -0.15) is 5.10 Å². The maximum atomic E-state index is 13.8. The number of hydrogen-bond acceptors (Lipinski definition) is 2. The van der Waals surface area contributed by atoms with E-state index in [2.05, 4.69) is 78.2 Å². The summed E-state index contributed by atoms with van der Waals surface area (Å²) in [7, 11) is 1.81. The number of nitrogens with zero attached hydrogens (tertiary/aromatic N) is 4. The minimum absolute atomic E-state index is 0.0256. The Morgan fingerprint density at radius 2 is 1.77 bits per heavy atom. The highest BCUT2D eigenvalue weighted by Crippen LogP contribution is 2.37. The molecule has 1 unspecified atom stereocenters. The molecule has 0 spiro atoms. The number of hydrogen-bond donors (Lipinski definition) is 0. The van der Waals surface area contributed by atoms with Gasteiger partial charge in [-0.15, -0.1) is 0 Å². The maximum absolute atomic E-state index is 13.8. The van der Waals surface area contributed by atoms with Crippen molar-refractivity contribution in [3.8, 4) is 5.69 Å². The van der Waals surface area contributed by atoms with Crippen LogP contribution < -0.4 is 0 Å². The van der Waals surface area contributed by atoms with Crippen molar-refractivity contribution in [1.29, 1.82) is 0 Å². The molecule has 4 aromatic rings. The number of aryl methyl sites for hydroxylation is 1. The van der Waals surface area contributed by atoms with E-state index in [0.717, 1.165) is 22.5 Å². The molecule has 0 radical (unpaired) electrons. The molecule has 5 heteroatoms. The molecule has 3 heterocycles. The highest BCUT2D eigenvalue weighted by molar-refractivity contribution is 5.93. The van der Waals surface area contributed by atoms with E-state index < -0.39 is 0 Å². The van der Waals surface area contributed by atoms with Gasteiger partial charge in [0.2, 0.25) is 0 Å². The second-order valence-electron chi connectivity index (χ2n) is 8.43. The summed E-state index contributed by atoms with van der Waals surface area (Å²) >= 11 is 0. The van der Waals surface area contributed by atoms with E-state index in [1.165, 1.54) is 5.56 Å². The van der Waals surface area contributed by atoms with Crippen LogP contribution in [0.15, 0.2) is 79.1 Å². The fourth-order valence-corrected chi connectivity index (χ4v) is 4.48. The highest BCUT2D eigenvalue weighted by atomic mass is 16.2. The van der Waals surface area contributed by atoms with Crippen LogP contribution in [0.4, 0.5) is 0 Å². The van der Waals surface area contributed by atoms with Crippen LogP contribution in [0.25, 0.3) is 5.69 Å². The number of rotatable bonds is 3. The van der Waals surface area contributed by atoms with Gasteiger partial charge in [0, 0.05) is 31.7 Å². The van der Waals surface area contributed by atoms with E-state index in [-0.39, 0.29) is 11.9 Å². The van der Waals surface area contributed by atoms with Crippen molar-refractivity contribution in [2.24, 2.45) is 7.05 Å². The van der Waals surface area contributed by atoms with E-state index in [9.17, 15) is 4.79 Å². The van der Waals surface area contributed by atoms with Gasteiger partial charge in [0.25, 0.3) is 5.91 Å². The fourth-order valence-electron chi connectivity index (χ4n) is 4.48. The summed E-state index contributed by atoms with van der Waals surface area (Å²) in [4.78, 5) is 15.8. The Morgan fingerprint density at radius 1 is 1.00 bits per heavy atom. The Morgan fingerprint density at radius 3 is 2.48 bits per heavy atom. The first-order valence-electron chi connectivity index (χ1n) is 10.7. The zero-order valence-electron chi connectivity index (χ0n) is 18.1. The molecule has 1 aliphatic rings. The van der Waals surface area contributed by atoms with Crippen LogP contribution in [-0.4, -0.2) is 25.2 Å². The van der Waals surface area contributed by atoms with Gasteiger partial charge in [0.1, 0.15) is 5.69 Å². The number of benzene rings is 2. The van der Waals surface area contributed by atoms with Gasteiger partial charge >= 0.3 is 0 Å². The van der Waals surface area contributed by atoms with Gasteiger partial charge < -0.3 is 9.47 Å². The van der Waals surface area contributed by atoms with Crippen LogP contribution in [0.3, 0.4) is 0 Å². The second-order valence-corrected chi connectivity index (χ2v) is 8.43. The molecular weight excluding hydrogens is 384 g/mol. The number of aromatic nitrogens is 3. The van der Waals surface area contributed by atoms with Crippen molar-refractivity contribution in [3.05, 3.63) is 107 Å². The van der Waals surface area contributed by atoms with E-state index >= 15 is 0 Å². The molecule has 156 valence electrons. The first-order chi connectivity index (χ1) is 15.0. The van der Waals surface area contributed by atoms with Crippen LogP contribution in [0.1, 0.15) is 58.7 Å². The van der Waals surface area contributed by atoms with E-state index in [1.807, 2.05) is 24.1 Å². The lowest BCUT2D eigenvalue weighted by Crippen LogP contribution is -2.35. The van der Waals surface area contributed by atoms with Crippen LogP contribution >= 0.6 is 0 Å². The van der Waals surface area contributed by atoms with E-state index in [1.54, 1.807) is 16.9 Å². The number of para-hydroxylation sites is 1. The lowest BCUT2D eigenvalue weighted by Gasteiger charge is -2.31. The lowest BCUT2D eigenvalue weighted by molar-refractivity contribution is 0.0679. The number of carbonyl (C=O) groups is 1. The SMILES string of the molecule is CC(C)c1ccc(C2c3cccn3-c3ccccc3CN2C(=O)c2ccnn2C)cc1. The second kappa shape index (κ2) is 7.58. The molecule has 5 nitrogen and oxygen atoms in total. The summed E-state index contributed by atoms with van der Waals surface area (Å²) in [6.45, 7) is 4.92. The first kappa shape index (κ1) is 19.4. The van der Waals surface area contributed by atoms with Crippen molar-refractivity contribution in [2.45, 2.75) is 32.4 Å². The summed E-state index contributed by atoms with van der Waals surface area (Å²) in [6, 6.07) is 22.8. The van der Waals surface area contributed by atoms with Crippen LogP contribution in [0, 0.1) is 0 Å². The van der Waals surface area contributed by atoms with Crippen molar-refractivity contribution in [3.63, 3.8) is 0 Å². The topological polar surface area (TPSA) is 43.1 Å². The Kier molecular flexibility index (Phi) is 4.74. The molecule has 2 aromatic heterocycles. The average Bonchev–Trinajstić information content (AvgIpc) is 3.40. The summed E-state index contributed by atoms with van der Waals surface area (Å²) in [5.74, 6) is 0.436. The number of fused-ring (bicyclic) bond motifs is 3. The number of carbonyl (C=O) groups excluding carboxylic acids is 1. The smallest absolute Gasteiger partial charge is 0.273 e. The largest absolute Gasteiger partial charge is 0.320 e. The Bertz CT molecular complexity index is 1230. The first-order valence-corrected chi connectivity index (χ1v) is 10.7. The van der Waals surface area contributed by atoms with E-state index in [0.29, 0.717) is 18.2 Å². The molecule has 1 amide bonds. The van der Waals surface area contributed by atoms with Gasteiger partial charge in [-0.3, -0.25) is 9.48 Å². The standard InChI is InChI=1S/C26H26N4O/c1-18(2)19-10-12-20(13-11-19)25-23-9-6-16-29(23)22-8-5-4-7-21(22)17-30(25)26(31)24-14-15-27-28(24)3/h4-16,18,25H,17H2,1-3H3. The molecule has 31 heavy (non-hydrogen) atoms.